The molecule has 0 saturated carbocycles. The van der Waals surface area contributed by atoms with E-state index in [1.807, 2.05) is 13.0 Å². The summed E-state index contributed by atoms with van der Waals surface area (Å²) in [6.07, 6.45) is 0. The van der Waals surface area contributed by atoms with Gasteiger partial charge < -0.3 is 5.11 Å². The van der Waals surface area contributed by atoms with Crippen LogP contribution in [0.2, 0.25) is 0 Å². The van der Waals surface area contributed by atoms with Crippen molar-refractivity contribution in [2.24, 2.45) is 0 Å². The number of aliphatic hydroxyl groups is 1. The van der Waals surface area contributed by atoms with Gasteiger partial charge in [-0.05, 0) is 47.5 Å². The average molecular weight is 327 g/mol. The molecule has 1 atom stereocenters. The zero-order chi connectivity index (χ0) is 14.2. The molecule has 0 spiro atoms. The molecule has 1 nitrogen and oxygen atoms in total. The van der Waals surface area contributed by atoms with Gasteiger partial charge >= 0.3 is 0 Å². The lowest BCUT2D eigenvalue weighted by Crippen LogP contribution is -2.26. The van der Waals surface area contributed by atoms with Gasteiger partial charge in [-0.15, -0.1) is 0 Å². The zero-order valence-electron chi connectivity index (χ0n) is 10.5. The molecule has 0 radical (unpaired) electrons. The molecule has 0 saturated heterocycles. The van der Waals surface area contributed by atoms with Crippen LogP contribution in [0.5, 0.6) is 0 Å². The van der Waals surface area contributed by atoms with Gasteiger partial charge in [0.15, 0.2) is 0 Å². The fourth-order valence-electron chi connectivity index (χ4n) is 2.07. The molecule has 0 aliphatic rings. The summed E-state index contributed by atoms with van der Waals surface area (Å²) in [4.78, 5) is 0. The molecule has 0 bridgehead atoms. The van der Waals surface area contributed by atoms with E-state index in [1.54, 1.807) is 18.2 Å². The van der Waals surface area contributed by atoms with E-state index in [9.17, 15) is 13.9 Å². The Balaban J connectivity index is 2.66. The summed E-state index contributed by atoms with van der Waals surface area (Å²) in [5.41, 5.74) is -0.728. The largest absolute Gasteiger partial charge is 0.380 e. The van der Waals surface area contributed by atoms with E-state index in [4.69, 9.17) is 0 Å². The topological polar surface area (TPSA) is 20.2 Å². The molecule has 2 rings (SSSR count). The Labute approximate surface area is 119 Å². The van der Waals surface area contributed by atoms with Crippen LogP contribution >= 0.6 is 15.9 Å². The van der Waals surface area contributed by atoms with Crippen LogP contribution in [0.15, 0.2) is 40.9 Å². The van der Waals surface area contributed by atoms with Crippen molar-refractivity contribution >= 4 is 15.9 Å². The van der Waals surface area contributed by atoms with E-state index >= 15 is 0 Å². The molecular formula is C15H13BrF2O. The van der Waals surface area contributed by atoms with Gasteiger partial charge in [0.05, 0.1) is 10.0 Å². The maximum Gasteiger partial charge on any atom is 0.146 e. The fourth-order valence-corrected chi connectivity index (χ4v) is 2.40. The Kier molecular flexibility index (Phi) is 3.74. The average Bonchev–Trinajstić information content (AvgIpc) is 2.34. The maximum absolute atomic E-state index is 14.1. The second-order valence-corrected chi connectivity index (χ2v) is 5.51. The SMILES string of the molecule is Cc1cccc(C(C)(O)c2c(F)ccc(Br)c2F)c1. The molecule has 4 heteroatoms. The van der Waals surface area contributed by atoms with Gasteiger partial charge in [-0.2, -0.15) is 0 Å². The second-order valence-electron chi connectivity index (χ2n) is 4.66. The molecule has 19 heavy (non-hydrogen) atoms. The first kappa shape index (κ1) is 14.2. The van der Waals surface area contributed by atoms with Crippen LogP contribution in [-0.4, -0.2) is 5.11 Å². The fraction of sp³-hybridized carbons (Fsp3) is 0.200. The number of hydrogen-bond acceptors (Lipinski definition) is 1. The highest BCUT2D eigenvalue weighted by Gasteiger charge is 2.33. The molecule has 2 aromatic carbocycles. The number of benzene rings is 2. The number of hydrogen-bond donors (Lipinski definition) is 1. The molecule has 2 aromatic rings. The van der Waals surface area contributed by atoms with E-state index < -0.39 is 17.2 Å². The van der Waals surface area contributed by atoms with Crippen LogP contribution in [0, 0.1) is 18.6 Å². The third-order valence-corrected chi connectivity index (χ3v) is 3.72. The first-order valence-corrected chi connectivity index (χ1v) is 6.57. The first-order chi connectivity index (χ1) is 8.84. The van der Waals surface area contributed by atoms with E-state index in [1.165, 1.54) is 13.0 Å². The van der Waals surface area contributed by atoms with Crippen molar-refractivity contribution in [1.82, 2.24) is 0 Å². The second kappa shape index (κ2) is 5.02. The van der Waals surface area contributed by atoms with Crippen LogP contribution in [0.25, 0.3) is 0 Å². The monoisotopic (exact) mass is 326 g/mol. The third kappa shape index (κ3) is 2.55. The molecule has 0 amide bonds. The van der Waals surface area contributed by atoms with Gasteiger partial charge in [0.2, 0.25) is 0 Å². The summed E-state index contributed by atoms with van der Waals surface area (Å²) in [6.45, 7) is 3.24. The van der Waals surface area contributed by atoms with Crippen molar-refractivity contribution in [2.75, 3.05) is 0 Å². The number of halogens is 3. The van der Waals surface area contributed by atoms with Gasteiger partial charge in [-0.3, -0.25) is 0 Å². The molecular weight excluding hydrogens is 314 g/mol. The highest BCUT2D eigenvalue weighted by molar-refractivity contribution is 9.10. The summed E-state index contributed by atoms with van der Waals surface area (Å²) in [5, 5.41) is 10.6. The summed E-state index contributed by atoms with van der Waals surface area (Å²) >= 11 is 3.01. The minimum Gasteiger partial charge on any atom is -0.380 e. The van der Waals surface area contributed by atoms with Crippen molar-refractivity contribution in [3.8, 4) is 0 Å². The molecule has 0 fully saturated rings. The smallest absolute Gasteiger partial charge is 0.146 e. The Morgan fingerprint density at radius 1 is 1.16 bits per heavy atom. The van der Waals surface area contributed by atoms with Gasteiger partial charge in [-0.1, -0.05) is 29.8 Å². The van der Waals surface area contributed by atoms with E-state index in [0.29, 0.717) is 5.56 Å². The highest BCUT2D eigenvalue weighted by Crippen LogP contribution is 2.35. The van der Waals surface area contributed by atoms with Crippen molar-refractivity contribution in [1.29, 1.82) is 0 Å². The lowest BCUT2D eigenvalue weighted by molar-refractivity contribution is 0.0931. The van der Waals surface area contributed by atoms with Crippen molar-refractivity contribution in [3.05, 3.63) is 69.2 Å². The quantitative estimate of drug-likeness (QED) is 0.816. The third-order valence-electron chi connectivity index (χ3n) is 3.11. The summed E-state index contributed by atoms with van der Waals surface area (Å²) in [7, 11) is 0. The Morgan fingerprint density at radius 3 is 2.47 bits per heavy atom. The van der Waals surface area contributed by atoms with Gasteiger partial charge in [0.25, 0.3) is 0 Å². The molecule has 0 aliphatic carbocycles. The maximum atomic E-state index is 14.1. The number of rotatable bonds is 2. The molecule has 100 valence electrons. The Morgan fingerprint density at radius 2 is 1.84 bits per heavy atom. The molecule has 1 N–H and O–H groups in total. The number of aryl methyl sites for hydroxylation is 1. The minimum absolute atomic E-state index is 0.122. The highest BCUT2D eigenvalue weighted by atomic mass is 79.9. The van der Waals surface area contributed by atoms with Crippen molar-refractivity contribution < 1.29 is 13.9 Å². The van der Waals surface area contributed by atoms with Gasteiger partial charge in [-0.25, -0.2) is 8.78 Å². The minimum atomic E-state index is -1.73. The first-order valence-electron chi connectivity index (χ1n) is 5.77. The normalized spacial score (nSPS) is 14.2. The zero-order valence-corrected chi connectivity index (χ0v) is 12.1. The predicted octanol–water partition coefficient (Wildman–Crippen LogP) is 4.29. The summed E-state index contributed by atoms with van der Waals surface area (Å²) < 4.78 is 28.1. The Hall–Kier alpha value is -1.26. The van der Waals surface area contributed by atoms with Gasteiger partial charge in [0, 0.05) is 0 Å². The van der Waals surface area contributed by atoms with E-state index in [0.717, 1.165) is 11.6 Å². The molecule has 0 aliphatic heterocycles. The van der Waals surface area contributed by atoms with E-state index in [2.05, 4.69) is 15.9 Å². The Bertz CT molecular complexity index is 624. The standard InChI is InChI=1S/C15H13BrF2O/c1-9-4-3-5-10(8-9)15(2,19)13-12(17)7-6-11(16)14(13)18/h3-8,19H,1-2H3. The lowest BCUT2D eigenvalue weighted by atomic mass is 9.87. The van der Waals surface area contributed by atoms with Crippen LogP contribution in [0.1, 0.15) is 23.6 Å². The van der Waals surface area contributed by atoms with Crippen molar-refractivity contribution in [2.45, 2.75) is 19.4 Å². The molecule has 0 heterocycles. The van der Waals surface area contributed by atoms with Crippen LogP contribution in [0.4, 0.5) is 8.78 Å². The summed E-state index contributed by atoms with van der Waals surface area (Å²) in [5.74, 6) is -1.56. The molecule has 0 aromatic heterocycles. The van der Waals surface area contributed by atoms with Crippen LogP contribution in [0.3, 0.4) is 0 Å². The van der Waals surface area contributed by atoms with Gasteiger partial charge in [0.1, 0.15) is 17.2 Å². The van der Waals surface area contributed by atoms with Crippen molar-refractivity contribution in [3.63, 3.8) is 0 Å². The summed E-state index contributed by atoms with van der Waals surface area (Å²) in [6, 6.07) is 9.36. The van der Waals surface area contributed by atoms with Crippen LogP contribution in [-0.2, 0) is 5.60 Å². The predicted molar refractivity (Wildman–Crippen MR) is 73.9 cm³/mol. The van der Waals surface area contributed by atoms with Crippen LogP contribution < -0.4 is 0 Å². The molecule has 1 unspecified atom stereocenters. The lowest BCUT2D eigenvalue weighted by Gasteiger charge is -2.26. The van der Waals surface area contributed by atoms with E-state index in [-0.39, 0.29) is 10.0 Å².